The van der Waals surface area contributed by atoms with Crippen molar-refractivity contribution in [3.8, 4) is 0 Å². The van der Waals surface area contributed by atoms with Crippen molar-refractivity contribution in [1.29, 1.82) is 0 Å². The summed E-state index contributed by atoms with van der Waals surface area (Å²) in [6.45, 7) is 4.65. The van der Waals surface area contributed by atoms with Crippen LogP contribution < -0.4 is 5.32 Å². The highest BCUT2D eigenvalue weighted by molar-refractivity contribution is 6.30. The molecule has 1 aliphatic rings. The molecule has 6 nitrogen and oxygen atoms in total. The molecule has 8 heteroatoms. The van der Waals surface area contributed by atoms with Crippen molar-refractivity contribution in [2.75, 3.05) is 39.4 Å². The molecular weight excluding hydrogens is 521 g/mol. The first-order valence-corrected chi connectivity index (χ1v) is 13.6. The monoisotopic (exact) mass is 553 g/mol. The van der Waals surface area contributed by atoms with Crippen molar-refractivity contribution >= 4 is 35.0 Å². The fourth-order valence-electron chi connectivity index (χ4n) is 4.50. The van der Waals surface area contributed by atoms with E-state index < -0.39 is 6.04 Å². The number of rotatable bonds is 11. The fourth-order valence-corrected chi connectivity index (χ4v) is 4.75. The second kappa shape index (κ2) is 14.3. The Morgan fingerprint density at radius 1 is 0.842 bits per heavy atom. The van der Waals surface area contributed by atoms with Gasteiger partial charge in [-0.1, -0.05) is 77.8 Å². The molecule has 0 radical (unpaired) electrons. The van der Waals surface area contributed by atoms with E-state index in [2.05, 4.69) is 10.2 Å². The molecule has 0 aromatic heterocycles. The molecule has 1 atom stereocenters. The lowest BCUT2D eigenvalue weighted by atomic mass is 10.0. The highest BCUT2D eigenvalue weighted by atomic mass is 35.5. The van der Waals surface area contributed by atoms with E-state index in [1.165, 1.54) is 0 Å². The Labute approximate surface area is 234 Å². The Hall–Kier alpha value is -2.90. The second-order valence-corrected chi connectivity index (χ2v) is 10.3. The Kier molecular flexibility index (Phi) is 10.6. The number of carbonyl (C=O) groups excluding carboxylic acids is 2. The van der Waals surface area contributed by atoms with E-state index in [1.54, 1.807) is 29.2 Å². The van der Waals surface area contributed by atoms with Crippen LogP contribution in [0.15, 0.2) is 78.9 Å². The lowest BCUT2D eigenvalue weighted by Gasteiger charge is -2.32. The molecule has 1 unspecified atom stereocenters. The zero-order valence-corrected chi connectivity index (χ0v) is 22.8. The lowest BCUT2D eigenvalue weighted by molar-refractivity contribution is -0.140. The van der Waals surface area contributed by atoms with Crippen LogP contribution in [0, 0.1) is 0 Å². The Bertz CT molecular complexity index is 1170. The van der Waals surface area contributed by atoms with Crippen molar-refractivity contribution < 1.29 is 14.3 Å². The zero-order valence-electron chi connectivity index (χ0n) is 21.3. The molecule has 0 aliphatic carbocycles. The van der Waals surface area contributed by atoms with Crippen LogP contribution in [0.4, 0.5) is 0 Å². The van der Waals surface area contributed by atoms with Crippen molar-refractivity contribution in [3.05, 3.63) is 106 Å². The number of amides is 2. The maximum Gasteiger partial charge on any atom is 0.243 e. The number of halogens is 2. The third-order valence-electron chi connectivity index (χ3n) is 6.64. The maximum absolute atomic E-state index is 13.8. The summed E-state index contributed by atoms with van der Waals surface area (Å²) in [4.78, 5) is 31.4. The number of hydrogen-bond donors (Lipinski definition) is 1. The second-order valence-electron chi connectivity index (χ2n) is 9.40. The fraction of sp³-hybridized carbons (Fsp3) is 0.333. The van der Waals surface area contributed by atoms with E-state index in [9.17, 15) is 9.59 Å². The number of nitrogens with one attached hydrogen (secondary N) is 1. The maximum atomic E-state index is 13.8. The van der Waals surface area contributed by atoms with E-state index >= 15 is 0 Å². The van der Waals surface area contributed by atoms with Gasteiger partial charge in [-0.25, -0.2) is 0 Å². The summed E-state index contributed by atoms with van der Waals surface area (Å²) in [5, 5.41) is 4.33. The van der Waals surface area contributed by atoms with Crippen LogP contribution in [0.25, 0.3) is 0 Å². The van der Waals surface area contributed by atoms with Gasteiger partial charge < -0.3 is 15.0 Å². The summed E-state index contributed by atoms with van der Waals surface area (Å²) in [5.41, 5.74) is 2.73. The van der Waals surface area contributed by atoms with Gasteiger partial charge in [-0.3, -0.25) is 14.5 Å². The van der Waals surface area contributed by atoms with Crippen LogP contribution in [0.1, 0.15) is 16.7 Å². The predicted molar refractivity (Wildman–Crippen MR) is 151 cm³/mol. The SMILES string of the molecule is O=C(NCCN1CCOCC1)C(Cc1ccccc1)N(Cc1ccc(Cl)cc1)C(=O)Cc1ccc(Cl)cc1. The van der Waals surface area contributed by atoms with Gasteiger partial charge in [0.1, 0.15) is 6.04 Å². The van der Waals surface area contributed by atoms with Gasteiger partial charge in [-0.2, -0.15) is 0 Å². The largest absolute Gasteiger partial charge is 0.379 e. The van der Waals surface area contributed by atoms with Gasteiger partial charge in [0, 0.05) is 49.2 Å². The van der Waals surface area contributed by atoms with Gasteiger partial charge in [-0.15, -0.1) is 0 Å². The molecule has 1 N–H and O–H groups in total. The van der Waals surface area contributed by atoms with Crippen molar-refractivity contribution in [3.63, 3.8) is 0 Å². The number of morpholine rings is 1. The summed E-state index contributed by atoms with van der Waals surface area (Å²) in [6, 6.07) is 23.7. The first-order chi connectivity index (χ1) is 18.5. The molecule has 2 amide bonds. The van der Waals surface area contributed by atoms with Gasteiger partial charge in [0.25, 0.3) is 0 Å². The molecule has 3 aromatic carbocycles. The van der Waals surface area contributed by atoms with Gasteiger partial charge >= 0.3 is 0 Å². The molecule has 1 heterocycles. The molecule has 0 spiro atoms. The minimum Gasteiger partial charge on any atom is -0.379 e. The zero-order chi connectivity index (χ0) is 26.7. The number of ether oxygens (including phenoxy) is 1. The molecule has 4 rings (SSSR count). The predicted octanol–water partition coefficient (Wildman–Crippen LogP) is 4.62. The Balaban J connectivity index is 1.57. The van der Waals surface area contributed by atoms with Gasteiger partial charge in [-0.05, 0) is 41.0 Å². The average Bonchev–Trinajstić information content (AvgIpc) is 2.94. The number of hydrogen-bond acceptors (Lipinski definition) is 4. The molecule has 1 aliphatic heterocycles. The van der Waals surface area contributed by atoms with Crippen LogP contribution in [0.2, 0.25) is 10.0 Å². The molecule has 0 bridgehead atoms. The van der Waals surface area contributed by atoms with Crippen LogP contribution in [0.5, 0.6) is 0 Å². The highest BCUT2D eigenvalue weighted by Crippen LogP contribution is 2.19. The van der Waals surface area contributed by atoms with Gasteiger partial charge in [0.2, 0.25) is 11.8 Å². The molecule has 1 fully saturated rings. The standard InChI is InChI=1S/C30H33Cl2N3O3/c31-26-10-6-24(7-11-26)21-29(36)35(22-25-8-12-27(32)13-9-25)28(20-23-4-2-1-3-5-23)30(37)33-14-15-34-16-18-38-19-17-34/h1-13,28H,14-22H2,(H,33,37). The Morgan fingerprint density at radius 3 is 2.08 bits per heavy atom. The van der Waals surface area contributed by atoms with E-state index in [0.29, 0.717) is 36.2 Å². The van der Waals surface area contributed by atoms with Crippen molar-refractivity contribution in [2.45, 2.75) is 25.4 Å². The van der Waals surface area contributed by atoms with Crippen molar-refractivity contribution in [2.24, 2.45) is 0 Å². The average molecular weight is 555 g/mol. The number of carbonyl (C=O) groups is 2. The first kappa shape index (κ1) is 28.1. The van der Waals surface area contributed by atoms with Crippen LogP contribution in [-0.2, 0) is 33.7 Å². The van der Waals surface area contributed by atoms with Crippen LogP contribution in [0.3, 0.4) is 0 Å². The van der Waals surface area contributed by atoms with Gasteiger partial charge in [0.15, 0.2) is 0 Å². The third-order valence-corrected chi connectivity index (χ3v) is 7.14. The smallest absolute Gasteiger partial charge is 0.243 e. The summed E-state index contributed by atoms with van der Waals surface area (Å²) < 4.78 is 5.42. The summed E-state index contributed by atoms with van der Waals surface area (Å²) in [7, 11) is 0. The molecule has 0 saturated carbocycles. The van der Waals surface area contributed by atoms with E-state index in [1.807, 2.05) is 54.6 Å². The van der Waals surface area contributed by atoms with E-state index in [0.717, 1.165) is 36.3 Å². The topological polar surface area (TPSA) is 61.9 Å². The summed E-state index contributed by atoms with van der Waals surface area (Å²) in [6.07, 6.45) is 0.571. The molecule has 38 heavy (non-hydrogen) atoms. The minimum atomic E-state index is -0.683. The molecular formula is C30H33Cl2N3O3. The quantitative estimate of drug-likeness (QED) is 0.376. The third kappa shape index (κ3) is 8.57. The lowest BCUT2D eigenvalue weighted by Crippen LogP contribution is -2.52. The van der Waals surface area contributed by atoms with Gasteiger partial charge in [0.05, 0.1) is 19.6 Å². The van der Waals surface area contributed by atoms with E-state index in [-0.39, 0.29) is 24.8 Å². The molecule has 3 aromatic rings. The number of benzene rings is 3. The molecule has 1 saturated heterocycles. The normalized spacial score (nSPS) is 14.6. The van der Waals surface area contributed by atoms with Crippen LogP contribution >= 0.6 is 23.2 Å². The Morgan fingerprint density at radius 2 is 1.45 bits per heavy atom. The van der Waals surface area contributed by atoms with Crippen LogP contribution in [-0.4, -0.2) is 67.0 Å². The number of nitrogens with zero attached hydrogens (tertiary/aromatic N) is 2. The minimum absolute atomic E-state index is 0.133. The van der Waals surface area contributed by atoms with E-state index in [4.69, 9.17) is 27.9 Å². The summed E-state index contributed by atoms with van der Waals surface area (Å²) in [5.74, 6) is -0.299. The highest BCUT2D eigenvalue weighted by Gasteiger charge is 2.30. The van der Waals surface area contributed by atoms with Crippen molar-refractivity contribution in [1.82, 2.24) is 15.1 Å². The molecule has 200 valence electrons. The first-order valence-electron chi connectivity index (χ1n) is 12.9. The summed E-state index contributed by atoms with van der Waals surface area (Å²) >= 11 is 12.2.